The highest BCUT2D eigenvalue weighted by Crippen LogP contribution is 2.42. The Bertz CT molecular complexity index is 1180. The zero-order valence-electron chi connectivity index (χ0n) is 16.4. The molecule has 3 aromatic heterocycles. The molecule has 148 valence electrons. The Morgan fingerprint density at radius 1 is 1.10 bits per heavy atom. The highest BCUT2D eigenvalue weighted by Gasteiger charge is 2.24. The second kappa shape index (κ2) is 8.21. The number of benzene rings is 1. The van der Waals surface area contributed by atoms with Gasteiger partial charge in [0.15, 0.2) is 0 Å². The molecule has 0 spiro atoms. The maximum absolute atomic E-state index is 6.01. The minimum Gasteiger partial charge on any atom is -0.242 e. The van der Waals surface area contributed by atoms with E-state index in [4.69, 9.17) is 21.6 Å². The van der Waals surface area contributed by atoms with Crippen LogP contribution in [0.25, 0.3) is 20.4 Å². The molecule has 0 radical (unpaired) electrons. The number of unbranched alkanes of at least 4 members (excludes halogenated alkanes) is 1. The lowest BCUT2D eigenvalue weighted by molar-refractivity contribution is 0.770. The zero-order valence-corrected chi connectivity index (χ0v) is 18.8. The molecule has 3 nitrogen and oxygen atoms in total. The molecular weight excluding hydrogens is 418 g/mol. The summed E-state index contributed by atoms with van der Waals surface area (Å²) in [6.45, 7) is 2.25. The van der Waals surface area contributed by atoms with Gasteiger partial charge in [0.1, 0.15) is 16.2 Å². The molecule has 1 aliphatic rings. The van der Waals surface area contributed by atoms with E-state index in [1.165, 1.54) is 51.7 Å². The highest BCUT2D eigenvalue weighted by molar-refractivity contribution is 7.98. The van der Waals surface area contributed by atoms with E-state index >= 15 is 0 Å². The molecule has 0 amide bonds. The van der Waals surface area contributed by atoms with Crippen molar-refractivity contribution in [1.82, 2.24) is 15.0 Å². The van der Waals surface area contributed by atoms with E-state index in [0.717, 1.165) is 45.4 Å². The summed E-state index contributed by atoms with van der Waals surface area (Å²) in [5, 5.41) is 3.11. The molecule has 29 heavy (non-hydrogen) atoms. The van der Waals surface area contributed by atoms with E-state index in [1.807, 2.05) is 12.1 Å². The quantitative estimate of drug-likeness (QED) is 0.239. The summed E-state index contributed by atoms with van der Waals surface area (Å²) >= 11 is 9.54. The molecule has 0 saturated carbocycles. The zero-order chi connectivity index (χ0) is 19.8. The maximum Gasteiger partial charge on any atom is 0.126 e. The van der Waals surface area contributed by atoms with Crippen LogP contribution < -0.4 is 0 Å². The van der Waals surface area contributed by atoms with Crippen LogP contribution in [0.1, 0.15) is 48.6 Å². The Labute approximate surface area is 183 Å². The fourth-order valence-electron chi connectivity index (χ4n) is 4.14. The van der Waals surface area contributed by atoms with Crippen LogP contribution in [0.5, 0.6) is 0 Å². The Morgan fingerprint density at radius 3 is 2.76 bits per heavy atom. The second-order valence-electron chi connectivity index (χ2n) is 7.53. The van der Waals surface area contributed by atoms with Crippen molar-refractivity contribution in [3.8, 4) is 0 Å². The average molecular weight is 440 g/mol. The first-order chi connectivity index (χ1) is 14.2. The van der Waals surface area contributed by atoms with Gasteiger partial charge >= 0.3 is 0 Å². The lowest BCUT2D eigenvalue weighted by Gasteiger charge is -2.08. The number of aromatic nitrogens is 3. The fourth-order valence-corrected chi connectivity index (χ4v) is 6.48. The normalized spacial score (nSPS) is 13.4. The van der Waals surface area contributed by atoms with Crippen LogP contribution in [0.2, 0.25) is 5.02 Å². The smallest absolute Gasteiger partial charge is 0.126 e. The molecule has 0 unspecified atom stereocenters. The molecule has 0 fully saturated rings. The molecule has 3 heterocycles. The monoisotopic (exact) mass is 439 g/mol. The van der Waals surface area contributed by atoms with Crippen molar-refractivity contribution in [3.05, 3.63) is 58.0 Å². The van der Waals surface area contributed by atoms with Gasteiger partial charge < -0.3 is 0 Å². The van der Waals surface area contributed by atoms with Gasteiger partial charge in [-0.25, -0.2) is 15.0 Å². The van der Waals surface area contributed by atoms with Gasteiger partial charge in [0.25, 0.3) is 0 Å². The Kier molecular flexibility index (Phi) is 5.46. The van der Waals surface area contributed by atoms with Crippen molar-refractivity contribution in [2.45, 2.75) is 56.2 Å². The number of nitrogens with zero attached hydrogens (tertiary/aromatic N) is 3. The minimum absolute atomic E-state index is 0.770. The number of thiophene rings is 1. The SMILES string of the molecule is CCCCc1nc2sc3c(SCc4ccc(Cl)cc4)ncnc3c2c2c1CCC2. The number of rotatable bonds is 6. The largest absolute Gasteiger partial charge is 0.242 e. The summed E-state index contributed by atoms with van der Waals surface area (Å²) in [5.74, 6) is 0.866. The van der Waals surface area contributed by atoms with Gasteiger partial charge in [0.2, 0.25) is 0 Å². The lowest BCUT2D eigenvalue weighted by atomic mass is 10.0. The molecule has 6 heteroatoms. The number of aryl methyl sites for hydroxylation is 2. The summed E-state index contributed by atoms with van der Waals surface area (Å²) in [4.78, 5) is 15.6. The van der Waals surface area contributed by atoms with Gasteiger partial charge in [0.05, 0.1) is 10.2 Å². The van der Waals surface area contributed by atoms with Crippen LogP contribution in [-0.4, -0.2) is 15.0 Å². The maximum atomic E-state index is 6.01. The molecule has 0 saturated heterocycles. The predicted octanol–water partition coefficient (Wildman–Crippen LogP) is 7.02. The minimum atomic E-state index is 0.770. The van der Waals surface area contributed by atoms with Gasteiger partial charge in [-0.3, -0.25) is 0 Å². The summed E-state index contributed by atoms with van der Waals surface area (Å²) < 4.78 is 1.18. The van der Waals surface area contributed by atoms with Gasteiger partial charge in [-0.1, -0.05) is 37.1 Å². The topological polar surface area (TPSA) is 38.7 Å². The highest BCUT2D eigenvalue weighted by atomic mass is 35.5. The molecule has 4 aromatic rings. The molecule has 5 rings (SSSR count). The molecule has 0 atom stereocenters. The second-order valence-corrected chi connectivity index (χ2v) is 9.93. The van der Waals surface area contributed by atoms with Gasteiger partial charge in [-0.05, 0) is 60.9 Å². The Morgan fingerprint density at radius 2 is 1.93 bits per heavy atom. The number of fused-ring (bicyclic) bond motifs is 5. The van der Waals surface area contributed by atoms with Gasteiger partial charge in [-0.15, -0.1) is 23.1 Å². The number of hydrogen-bond donors (Lipinski definition) is 0. The van der Waals surface area contributed by atoms with Crippen LogP contribution >= 0.6 is 34.7 Å². The third-order valence-electron chi connectivity index (χ3n) is 5.58. The molecule has 1 aliphatic carbocycles. The molecule has 0 aliphatic heterocycles. The summed E-state index contributed by atoms with van der Waals surface area (Å²) in [5.41, 5.74) is 6.65. The van der Waals surface area contributed by atoms with Crippen LogP contribution in [0.4, 0.5) is 0 Å². The van der Waals surface area contributed by atoms with Crippen molar-refractivity contribution in [2.24, 2.45) is 0 Å². The third-order valence-corrected chi connectivity index (χ3v) is 8.10. The standard InChI is InChI=1S/C23H22ClN3S2/c1-2-3-7-18-16-5-4-6-17(16)19-20-21(29-22(19)27-18)23(26-13-25-20)28-12-14-8-10-15(24)11-9-14/h8-11,13H,2-7,12H2,1H3. The van der Waals surface area contributed by atoms with E-state index in [9.17, 15) is 0 Å². The van der Waals surface area contributed by atoms with Crippen LogP contribution in [0, 0.1) is 0 Å². The first-order valence-corrected chi connectivity index (χ1v) is 12.4. The van der Waals surface area contributed by atoms with E-state index < -0.39 is 0 Å². The molecule has 0 bridgehead atoms. The van der Waals surface area contributed by atoms with Gasteiger partial charge in [-0.2, -0.15) is 0 Å². The van der Waals surface area contributed by atoms with E-state index in [2.05, 4.69) is 24.0 Å². The van der Waals surface area contributed by atoms with Crippen molar-refractivity contribution < 1.29 is 0 Å². The first-order valence-electron chi connectivity index (χ1n) is 10.2. The number of thioether (sulfide) groups is 1. The van der Waals surface area contributed by atoms with Crippen LogP contribution in [0.3, 0.4) is 0 Å². The van der Waals surface area contributed by atoms with Crippen molar-refractivity contribution >= 4 is 55.1 Å². The average Bonchev–Trinajstić information content (AvgIpc) is 3.36. The van der Waals surface area contributed by atoms with E-state index in [1.54, 1.807) is 29.4 Å². The molecular formula is C23H22ClN3S2. The number of hydrogen-bond acceptors (Lipinski definition) is 5. The fraction of sp³-hybridized carbons (Fsp3) is 0.348. The lowest BCUT2D eigenvalue weighted by Crippen LogP contribution is -1.98. The van der Waals surface area contributed by atoms with Crippen LogP contribution in [-0.2, 0) is 25.0 Å². The third kappa shape index (κ3) is 3.65. The van der Waals surface area contributed by atoms with Crippen molar-refractivity contribution in [1.29, 1.82) is 0 Å². The van der Waals surface area contributed by atoms with Crippen molar-refractivity contribution in [2.75, 3.05) is 0 Å². The molecule has 0 N–H and O–H groups in total. The summed E-state index contributed by atoms with van der Waals surface area (Å²) in [6.07, 6.45) is 8.76. The Hall–Kier alpha value is -1.69. The number of halogens is 1. The predicted molar refractivity (Wildman–Crippen MR) is 124 cm³/mol. The molecule has 1 aromatic carbocycles. The van der Waals surface area contributed by atoms with Crippen molar-refractivity contribution in [3.63, 3.8) is 0 Å². The van der Waals surface area contributed by atoms with Gasteiger partial charge in [0, 0.05) is 21.9 Å². The van der Waals surface area contributed by atoms with E-state index in [-0.39, 0.29) is 0 Å². The first kappa shape index (κ1) is 19.3. The summed E-state index contributed by atoms with van der Waals surface area (Å²) in [6, 6.07) is 8.04. The summed E-state index contributed by atoms with van der Waals surface area (Å²) in [7, 11) is 0. The number of pyridine rings is 1. The van der Waals surface area contributed by atoms with Crippen LogP contribution in [0.15, 0.2) is 35.6 Å². The van der Waals surface area contributed by atoms with E-state index in [0.29, 0.717) is 0 Å². The Balaban J connectivity index is 1.57.